The van der Waals surface area contributed by atoms with Gasteiger partial charge in [-0.3, -0.25) is 4.79 Å². The number of carbonyl (C=O) groups excluding carboxylic acids is 1. The summed E-state index contributed by atoms with van der Waals surface area (Å²) in [6.45, 7) is 2.57. The van der Waals surface area contributed by atoms with Gasteiger partial charge in [-0.2, -0.15) is 0 Å². The molecule has 0 aromatic heterocycles. The molecular weight excluding hydrogens is 180 g/mol. The van der Waals surface area contributed by atoms with E-state index in [1.54, 1.807) is 18.2 Å². The Morgan fingerprint density at radius 2 is 2.21 bits per heavy atom. The Labute approximate surface area is 82.8 Å². The summed E-state index contributed by atoms with van der Waals surface area (Å²) in [6, 6.07) is 5.00. The van der Waals surface area contributed by atoms with Crippen molar-refractivity contribution in [2.24, 2.45) is 5.73 Å². The molecule has 0 saturated carbocycles. The topological polar surface area (TPSA) is 78.3 Å². The Morgan fingerprint density at radius 3 is 2.79 bits per heavy atom. The molecule has 0 atom stereocenters. The monoisotopic (exact) mass is 194 g/mol. The van der Waals surface area contributed by atoms with Gasteiger partial charge in [0.1, 0.15) is 5.75 Å². The minimum atomic E-state index is -0.538. The molecule has 0 spiro atoms. The number of benzene rings is 1. The van der Waals surface area contributed by atoms with Crippen LogP contribution in [-0.4, -0.2) is 12.5 Å². The van der Waals surface area contributed by atoms with Crippen molar-refractivity contribution in [3.63, 3.8) is 0 Å². The Kier molecular flexibility index (Phi) is 3.34. The van der Waals surface area contributed by atoms with Gasteiger partial charge in [-0.05, 0) is 18.6 Å². The molecule has 0 aliphatic heterocycles. The second-order valence-corrected chi connectivity index (χ2v) is 2.93. The van der Waals surface area contributed by atoms with Gasteiger partial charge >= 0.3 is 0 Å². The fraction of sp³-hybridized carbons (Fsp3) is 0.300. The molecule has 14 heavy (non-hydrogen) atoms. The Bertz CT molecular complexity index is 337. The molecule has 1 aromatic rings. The van der Waals surface area contributed by atoms with Crippen LogP contribution in [0.2, 0.25) is 0 Å². The summed E-state index contributed by atoms with van der Waals surface area (Å²) < 4.78 is 5.34. The molecule has 76 valence electrons. The van der Waals surface area contributed by atoms with Crippen molar-refractivity contribution in [1.82, 2.24) is 0 Å². The van der Waals surface area contributed by atoms with Gasteiger partial charge in [0, 0.05) is 0 Å². The summed E-state index contributed by atoms with van der Waals surface area (Å²) in [4.78, 5) is 10.9. The summed E-state index contributed by atoms with van der Waals surface area (Å²) in [5.41, 5.74) is 11.5. The van der Waals surface area contributed by atoms with E-state index in [1.807, 2.05) is 6.92 Å². The van der Waals surface area contributed by atoms with E-state index in [1.165, 1.54) is 0 Å². The van der Waals surface area contributed by atoms with Crippen LogP contribution in [0.25, 0.3) is 0 Å². The van der Waals surface area contributed by atoms with Gasteiger partial charge < -0.3 is 16.2 Å². The maximum atomic E-state index is 10.9. The predicted octanol–water partition coefficient (Wildman–Crippen LogP) is 1.16. The molecule has 4 heteroatoms. The molecule has 4 N–H and O–H groups in total. The number of nitrogens with two attached hydrogens (primary N) is 2. The highest BCUT2D eigenvalue weighted by Crippen LogP contribution is 2.24. The molecule has 4 nitrogen and oxygen atoms in total. The van der Waals surface area contributed by atoms with Gasteiger partial charge in [0.2, 0.25) is 0 Å². The van der Waals surface area contributed by atoms with Gasteiger partial charge in [0.05, 0.1) is 17.9 Å². The number of ether oxygens (including phenoxy) is 1. The first-order valence-corrected chi connectivity index (χ1v) is 4.48. The standard InChI is InChI=1S/C10H14N2O2/c1-2-6-14-8-5-3-4-7(9(8)11)10(12)13/h3-5H,2,6,11H2,1H3,(H2,12,13). The van der Waals surface area contributed by atoms with Gasteiger partial charge in [-0.25, -0.2) is 0 Å². The van der Waals surface area contributed by atoms with Crippen LogP contribution in [0.4, 0.5) is 5.69 Å². The van der Waals surface area contributed by atoms with Crippen LogP contribution < -0.4 is 16.2 Å². The van der Waals surface area contributed by atoms with Crippen molar-refractivity contribution in [1.29, 1.82) is 0 Å². The van der Waals surface area contributed by atoms with Gasteiger partial charge in [-0.1, -0.05) is 13.0 Å². The smallest absolute Gasteiger partial charge is 0.250 e. The number of hydrogen-bond acceptors (Lipinski definition) is 3. The lowest BCUT2D eigenvalue weighted by Crippen LogP contribution is -2.14. The lowest BCUT2D eigenvalue weighted by atomic mass is 10.1. The molecule has 0 aliphatic carbocycles. The number of anilines is 1. The van der Waals surface area contributed by atoms with E-state index in [4.69, 9.17) is 16.2 Å². The number of para-hydroxylation sites is 1. The molecule has 0 fully saturated rings. The predicted molar refractivity (Wildman–Crippen MR) is 55.2 cm³/mol. The van der Waals surface area contributed by atoms with Crippen molar-refractivity contribution >= 4 is 11.6 Å². The maximum Gasteiger partial charge on any atom is 0.250 e. The molecule has 0 saturated heterocycles. The molecule has 0 heterocycles. The molecule has 0 unspecified atom stereocenters. The van der Waals surface area contributed by atoms with Crippen LogP contribution >= 0.6 is 0 Å². The van der Waals surface area contributed by atoms with Crippen LogP contribution in [0, 0.1) is 0 Å². The lowest BCUT2D eigenvalue weighted by Gasteiger charge is -2.09. The first kappa shape index (κ1) is 10.4. The number of amides is 1. The second-order valence-electron chi connectivity index (χ2n) is 2.93. The third kappa shape index (κ3) is 2.16. The summed E-state index contributed by atoms with van der Waals surface area (Å²) in [5.74, 6) is -0.0207. The molecule has 1 rings (SSSR count). The average Bonchev–Trinajstić information content (AvgIpc) is 2.16. The largest absolute Gasteiger partial charge is 0.491 e. The minimum absolute atomic E-state index is 0.304. The number of rotatable bonds is 4. The first-order valence-electron chi connectivity index (χ1n) is 4.48. The normalized spacial score (nSPS) is 9.79. The first-order chi connectivity index (χ1) is 6.66. The molecule has 1 amide bonds. The quantitative estimate of drug-likeness (QED) is 0.706. The molecule has 1 aromatic carbocycles. The van der Waals surface area contributed by atoms with E-state index in [9.17, 15) is 4.79 Å². The fourth-order valence-corrected chi connectivity index (χ4v) is 1.10. The summed E-state index contributed by atoms with van der Waals surface area (Å²) in [5, 5.41) is 0. The molecule has 0 aliphatic rings. The summed E-state index contributed by atoms with van der Waals surface area (Å²) in [7, 11) is 0. The third-order valence-corrected chi connectivity index (χ3v) is 1.79. The highest BCUT2D eigenvalue weighted by molar-refractivity contribution is 5.99. The van der Waals surface area contributed by atoms with Gasteiger partial charge in [0.25, 0.3) is 5.91 Å². The van der Waals surface area contributed by atoms with Crippen molar-refractivity contribution in [2.75, 3.05) is 12.3 Å². The maximum absolute atomic E-state index is 10.9. The molecule has 0 radical (unpaired) electrons. The zero-order valence-corrected chi connectivity index (χ0v) is 8.12. The van der Waals surface area contributed by atoms with E-state index >= 15 is 0 Å². The van der Waals surface area contributed by atoms with E-state index in [2.05, 4.69) is 0 Å². The number of nitrogen functional groups attached to an aromatic ring is 1. The van der Waals surface area contributed by atoms with Crippen LogP contribution in [0.3, 0.4) is 0 Å². The fourth-order valence-electron chi connectivity index (χ4n) is 1.10. The van der Waals surface area contributed by atoms with Gasteiger partial charge in [0.15, 0.2) is 0 Å². The van der Waals surface area contributed by atoms with Gasteiger partial charge in [-0.15, -0.1) is 0 Å². The Balaban J connectivity index is 2.95. The zero-order chi connectivity index (χ0) is 10.6. The van der Waals surface area contributed by atoms with E-state index in [-0.39, 0.29) is 0 Å². The highest BCUT2D eigenvalue weighted by Gasteiger charge is 2.09. The average molecular weight is 194 g/mol. The van der Waals surface area contributed by atoms with Crippen LogP contribution in [0.1, 0.15) is 23.7 Å². The SMILES string of the molecule is CCCOc1cccc(C(N)=O)c1N. The van der Waals surface area contributed by atoms with E-state index in [0.29, 0.717) is 23.6 Å². The van der Waals surface area contributed by atoms with Crippen LogP contribution in [-0.2, 0) is 0 Å². The number of carbonyl (C=O) groups is 1. The van der Waals surface area contributed by atoms with Crippen molar-refractivity contribution < 1.29 is 9.53 Å². The summed E-state index contributed by atoms with van der Waals surface area (Å²) in [6.07, 6.45) is 0.889. The Hall–Kier alpha value is -1.71. The molecule has 0 bridgehead atoms. The second kappa shape index (κ2) is 4.50. The van der Waals surface area contributed by atoms with E-state index < -0.39 is 5.91 Å². The van der Waals surface area contributed by atoms with E-state index in [0.717, 1.165) is 6.42 Å². The van der Waals surface area contributed by atoms with Crippen molar-refractivity contribution in [3.8, 4) is 5.75 Å². The van der Waals surface area contributed by atoms with Crippen molar-refractivity contribution in [2.45, 2.75) is 13.3 Å². The van der Waals surface area contributed by atoms with Crippen LogP contribution in [0.5, 0.6) is 5.75 Å². The lowest BCUT2D eigenvalue weighted by molar-refractivity contribution is 0.100. The number of hydrogen-bond donors (Lipinski definition) is 2. The summed E-state index contributed by atoms with van der Waals surface area (Å²) >= 11 is 0. The number of primary amides is 1. The molecular formula is C10H14N2O2. The van der Waals surface area contributed by atoms with Crippen LogP contribution in [0.15, 0.2) is 18.2 Å². The Morgan fingerprint density at radius 1 is 1.50 bits per heavy atom. The third-order valence-electron chi connectivity index (χ3n) is 1.79. The highest BCUT2D eigenvalue weighted by atomic mass is 16.5. The zero-order valence-electron chi connectivity index (χ0n) is 8.12. The minimum Gasteiger partial charge on any atom is -0.491 e. The van der Waals surface area contributed by atoms with Crippen molar-refractivity contribution in [3.05, 3.63) is 23.8 Å².